The number of benzene rings is 2. The fourth-order valence-electron chi connectivity index (χ4n) is 3.31. The van der Waals surface area contributed by atoms with Crippen molar-refractivity contribution in [2.45, 2.75) is 31.6 Å². The summed E-state index contributed by atoms with van der Waals surface area (Å²) < 4.78 is 37.8. The van der Waals surface area contributed by atoms with Crippen LogP contribution in [0.2, 0.25) is 0 Å². The van der Waals surface area contributed by atoms with E-state index in [-0.39, 0.29) is 17.2 Å². The summed E-state index contributed by atoms with van der Waals surface area (Å²) in [5.74, 6) is 0.211. The molecular weight excluding hydrogens is 404 g/mol. The summed E-state index contributed by atoms with van der Waals surface area (Å²) in [6.45, 7) is 5.47. The average molecular weight is 433 g/mol. The molecule has 3 rings (SSSR count). The monoisotopic (exact) mass is 432 g/mol. The van der Waals surface area contributed by atoms with Crippen LogP contribution >= 0.6 is 0 Å². The molecule has 0 aromatic heterocycles. The van der Waals surface area contributed by atoms with Crippen LogP contribution in [0, 0.1) is 13.8 Å². The van der Waals surface area contributed by atoms with Gasteiger partial charge in [-0.1, -0.05) is 18.2 Å². The van der Waals surface area contributed by atoms with Crippen LogP contribution in [0.3, 0.4) is 0 Å². The summed E-state index contributed by atoms with van der Waals surface area (Å²) in [5.41, 5.74) is 3.84. The highest BCUT2D eigenvalue weighted by Crippen LogP contribution is 2.29. The largest absolute Gasteiger partial charge is 0.495 e. The Balaban J connectivity index is 1.73. The molecule has 0 saturated carbocycles. The zero-order valence-electron chi connectivity index (χ0n) is 17.6. The predicted octanol–water partition coefficient (Wildman–Crippen LogP) is 2.90. The van der Waals surface area contributed by atoms with Gasteiger partial charge < -0.3 is 14.8 Å². The molecule has 7 nitrogen and oxygen atoms in total. The van der Waals surface area contributed by atoms with E-state index in [1.54, 1.807) is 6.07 Å². The first-order valence-electron chi connectivity index (χ1n) is 9.93. The molecule has 0 unspecified atom stereocenters. The highest BCUT2D eigenvalue weighted by atomic mass is 32.2. The summed E-state index contributed by atoms with van der Waals surface area (Å²) in [6, 6.07) is 10.7. The molecule has 1 aliphatic heterocycles. The minimum absolute atomic E-state index is 0.120. The van der Waals surface area contributed by atoms with E-state index >= 15 is 0 Å². The number of hydrogen-bond donors (Lipinski definition) is 1. The maximum absolute atomic E-state index is 12.9. The lowest BCUT2D eigenvalue weighted by molar-refractivity contribution is -0.116. The molecule has 0 aliphatic carbocycles. The zero-order chi connectivity index (χ0) is 21.7. The van der Waals surface area contributed by atoms with Crippen molar-refractivity contribution in [3.63, 3.8) is 0 Å². The highest BCUT2D eigenvalue weighted by molar-refractivity contribution is 7.89. The maximum atomic E-state index is 12.9. The highest BCUT2D eigenvalue weighted by Gasteiger charge is 2.27. The maximum Gasteiger partial charge on any atom is 0.243 e. The van der Waals surface area contributed by atoms with Crippen LogP contribution in [0.25, 0.3) is 0 Å². The van der Waals surface area contributed by atoms with Gasteiger partial charge in [0.2, 0.25) is 15.9 Å². The minimum atomic E-state index is -3.66. The van der Waals surface area contributed by atoms with Crippen molar-refractivity contribution in [1.29, 1.82) is 0 Å². The van der Waals surface area contributed by atoms with Gasteiger partial charge in [-0.05, 0) is 55.2 Å². The summed E-state index contributed by atoms with van der Waals surface area (Å²) in [7, 11) is -2.18. The second kappa shape index (κ2) is 9.59. The Morgan fingerprint density at radius 3 is 2.50 bits per heavy atom. The Labute approximate surface area is 178 Å². The number of nitrogens with one attached hydrogen (secondary N) is 1. The molecule has 162 valence electrons. The molecule has 1 N–H and O–H groups in total. The van der Waals surface area contributed by atoms with Crippen LogP contribution in [0.5, 0.6) is 5.75 Å². The molecule has 8 heteroatoms. The van der Waals surface area contributed by atoms with Gasteiger partial charge in [-0.15, -0.1) is 0 Å². The topological polar surface area (TPSA) is 84.9 Å². The number of hydrogen-bond acceptors (Lipinski definition) is 5. The van der Waals surface area contributed by atoms with Gasteiger partial charge in [-0.2, -0.15) is 4.31 Å². The van der Waals surface area contributed by atoms with E-state index < -0.39 is 10.0 Å². The number of sulfonamides is 1. The normalized spacial score (nSPS) is 15.0. The first kappa shape index (κ1) is 22.3. The SMILES string of the molecule is COc1ccc(S(=O)(=O)N2CCOCC2)cc1NC(=O)CCc1ccc(C)c(C)c1. The summed E-state index contributed by atoms with van der Waals surface area (Å²) in [4.78, 5) is 12.6. The van der Waals surface area contributed by atoms with Crippen molar-refractivity contribution in [3.8, 4) is 5.75 Å². The van der Waals surface area contributed by atoms with E-state index in [0.717, 1.165) is 5.56 Å². The van der Waals surface area contributed by atoms with Gasteiger partial charge in [-0.3, -0.25) is 4.79 Å². The van der Waals surface area contributed by atoms with Crippen molar-refractivity contribution < 1.29 is 22.7 Å². The molecule has 0 bridgehead atoms. The summed E-state index contributed by atoms with van der Waals surface area (Å²) in [6.07, 6.45) is 0.882. The van der Waals surface area contributed by atoms with Crippen LogP contribution in [0.1, 0.15) is 23.1 Å². The average Bonchev–Trinajstić information content (AvgIpc) is 2.75. The number of nitrogens with zero attached hydrogens (tertiary/aromatic N) is 1. The fourth-order valence-corrected chi connectivity index (χ4v) is 4.75. The van der Waals surface area contributed by atoms with Crippen molar-refractivity contribution in [2.24, 2.45) is 0 Å². The molecule has 1 amide bonds. The van der Waals surface area contributed by atoms with Gasteiger partial charge in [-0.25, -0.2) is 8.42 Å². The fraction of sp³-hybridized carbons (Fsp3) is 0.409. The van der Waals surface area contributed by atoms with Crippen LogP contribution in [0.4, 0.5) is 5.69 Å². The number of aryl methyl sites for hydroxylation is 3. The molecule has 1 saturated heterocycles. The molecule has 1 heterocycles. The standard InChI is InChI=1S/C22H28N2O5S/c1-16-4-5-18(14-17(16)2)6-9-22(25)23-20-15-19(7-8-21(20)28-3)30(26,27)24-10-12-29-13-11-24/h4-5,7-8,14-15H,6,9-13H2,1-3H3,(H,23,25). The van der Waals surface area contributed by atoms with Crippen LogP contribution in [-0.2, 0) is 26.0 Å². The van der Waals surface area contributed by atoms with Gasteiger partial charge in [0.1, 0.15) is 5.75 Å². The Bertz CT molecular complexity index is 1010. The number of morpholine rings is 1. The van der Waals surface area contributed by atoms with E-state index in [1.807, 2.05) is 19.1 Å². The van der Waals surface area contributed by atoms with Crippen molar-refractivity contribution in [1.82, 2.24) is 4.31 Å². The smallest absolute Gasteiger partial charge is 0.243 e. The Hall–Kier alpha value is -2.42. The van der Waals surface area contributed by atoms with Crippen molar-refractivity contribution >= 4 is 21.6 Å². The van der Waals surface area contributed by atoms with E-state index in [4.69, 9.17) is 9.47 Å². The van der Waals surface area contributed by atoms with E-state index in [2.05, 4.69) is 18.3 Å². The predicted molar refractivity (Wildman–Crippen MR) is 115 cm³/mol. The summed E-state index contributed by atoms with van der Waals surface area (Å²) in [5, 5.41) is 2.80. The first-order chi connectivity index (χ1) is 14.3. The van der Waals surface area contributed by atoms with Gasteiger partial charge in [0.25, 0.3) is 0 Å². The number of ether oxygens (including phenoxy) is 2. The molecule has 0 atom stereocenters. The van der Waals surface area contributed by atoms with Gasteiger partial charge >= 0.3 is 0 Å². The van der Waals surface area contributed by atoms with E-state index in [0.29, 0.717) is 44.2 Å². The van der Waals surface area contributed by atoms with Crippen LogP contribution in [-0.4, -0.2) is 52.0 Å². The van der Waals surface area contributed by atoms with Crippen molar-refractivity contribution in [3.05, 3.63) is 53.1 Å². The third-order valence-electron chi connectivity index (χ3n) is 5.26. The lowest BCUT2D eigenvalue weighted by Gasteiger charge is -2.26. The number of carbonyl (C=O) groups excluding carboxylic acids is 1. The molecule has 1 aliphatic rings. The first-order valence-corrected chi connectivity index (χ1v) is 11.4. The second-order valence-electron chi connectivity index (χ2n) is 7.35. The van der Waals surface area contributed by atoms with Gasteiger partial charge in [0.05, 0.1) is 30.9 Å². The number of amides is 1. The Morgan fingerprint density at radius 2 is 1.83 bits per heavy atom. The number of carbonyl (C=O) groups is 1. The minimum Gasteiger partial charge on any atom is -0.495 e. The third kappa shape index (κ3) is 5.19. The number of rotatable bonds is 7. The molecule has 30 heavy (non-hydrogen) atoms. The summed E-state index contributed by atoms with van der Waals surface area (Å²) >= 11 is 0. The van der Waals surface area contributed by atoms with Crippen LogP contribution in [0.15, 0.2) is 41.3 Å². The van der Waals surface area contributed by atoms with Gasteiger partial charge in [0, 0.05) is 19.5 Å². The quantitative estimate of drug-likeness (QED) is 0.727. The zero-order valence-corrected chi connectivity index (χ0v) is 18.4. The lowest BCUT2D eigenvalue weighted by atomic mass is 10.0. The van der Waals surface area contributed by atoms with Gasteiger partial charge in [0.15, 0.2) is 0 Å². The number of anilines is 1. The van der Waals surface area contributed by atoms with Crippen LogP contribution < -0.4 is 10.1 Å². The molecular formula is C22H28N2O5S. The van der Waals surface area contributed by atoms with Crippen molar-refractivity contribution in [2.75, 3.05) is 38.7 Å². The molecule has 2 aromatic rings. The Kier molecular flexibility index (Phi) is 7.12. The number of methoxy groups -OCH3 is 1. The molecule has 0 radical (unpaired) electrons. The lowest BCUT2D eigenvalue weighted by Crippen LogP contribution is -2.40. The van der Waals surface area contributed by atoms with E-state index in [9.17, 15) is 13.2 Å². The van der Waals surface area contributed by atoms with E-state index in [1.165, 1.54) is 34.7 Å². The second-order valence-corrected chi connectivity index (χ2v) is 9.28. The third-order valence-corrected chi connectivity index (χ3v) is 7.16. The molecule has 1 fully saturated rings. The Morgan fingerprint density at radius 1 is 1.10 bits per heavy atom. The molecule has 2 aromatic carbocycles. The molecule has 0 spiro atoms.